The molecule has 1 atom stereocenters. The molecule has 5 rings (SSSR count). The topological polar surface area (TPSA) is 96.5 Å². The number of carbonyl (C=O) groups is 3. The van der Waals surface area contributed by atoms with E-state index in [0.29, 0.717) is 29.1 Å². The molecule has 3 amide bonds. The van der Waals surface area contributed by atoms with Crippen molar-refractivity contribution >= 4 is 46.9 Å². The normalized spacial score (nSPS) is 11.7. The highest BCUT2D eigenvalue weighted by molar-refractivity contribution is 8.00. The van der Waals surface area contributed by atoms with Crippen LogP contribution in [0.5, 0.6) is 11.5 Å². The van der Waals surface area contributed by atoms with Crippen LogP contribution in [0.2, 0.25) is 0 Å². The van der Waals surface area contributed by atoms with Crippen LogP contribution in [0.15, 0.2) is 144 Å². The Labute approximate surface area is 279 Å². The third-order valence-corrected chi connectivity index (χ3v) is 8.37. The van der Waals surface area contributed by atoms with Crippen LogP contribution in [0.3, 0.4) is 0 Å². The second-order valence-corrected chi connectivity index (χ2v) is 12.0. The van der Waals surface area contributed by atoms with E-state index in [2.05, 4.69) is 16.0 Å². The molecule has 0 spiro atoms. The molecule has 0 aliphatic carbocycles. The first-order chi connectivity index (χ1) is 22.9. The summed E-state index contributed by atoms with van der Waals surface area (Å²) in [5.74, 6) is 0.420. The quantitative estimate of drug-likeness (QED) is 0.0936. The summed E-state index contributed by atoms with van der Waals surface area (Å²) in [4.78, 5) is 40.5. The van der Waals surface area contributed by atoms with Gasteiger partial charge in [-0.15, -0.1) is 11.8 Å². The molecule has 0 saturated carbocycles. The monoisotopic (exact) mass is 641 g/mol. The second-order valence-electron chi connectivity index (χ2n) is 10.7. The summed E-state index contributed by atoms with van der Waals surface area (Å²) < 4.78 is 5.84. The molecular weight excluding hydrogens is 607 g/mol. The van der Waals surface area contributed by atoms with E-state index in [1.54, 1.807) is 36.4 Å². The molecule has 0 aliphatic rings. The Bertz CT molecular complexity index is 1860. The summed E-state index contributed by atoms with van der Waals surface area (Å²) in [6.45, 7) is 3.92. The summed E-state index contributed by atoms with van der Waals surface area (Å²) in [7, 11) is 0. The Morgan fingerprint density at radius 3 is 2.11 bits per heavy atom. The zero-order valence-corrected chi connectivity index (χ0v) is 26.9. The third-order valence-electron chi connectivity index (χ3n) is 7.02. The minimum absolute atomic E-state index is 0.105. The summed E-state index contributed by atoms with van der Waals surface area (Å²) in [5.41, 5.74) is 3.56. The van der Waals surface area contributed by atoms with Gasteiger partial charge in [-0.2, -0.15) is 0 Å². The van der Waals surface area contributed by atoms with Gasteiger partial charge in [0.05, 0.1) is 5.25 Å². The van der Waals surface area contributed by atoms with Crippen LogP contribution >= 0.6 is 11.8 Å². The number of hydrogen-bond donors (Lipinski definition) is 3. The van der Waals surface area contributed by atoms with E-state index >= 15 is 0 Å². The molecule has 0 bridgehead atoms. The molecule has 7 nitrogen and oxygen atoms in total. The zero-order valence-electron chi connectivity index (χ0n) is 26.1. The number of nitrogens with one attached hydrogen (secondary N) is 3. The number of rotatable bonds is 12. The van der Waals surface area contributed by atoms with Crippen LogP contribution in [-0.2, 0) is 9.59 Å². The van der Waals surface area contributed by atoms with Gasteiger partial charge in [0.25, 0.3) is 11.8 Å². The third kappa shape index (κ3) is 9.69. The van der Waals surface area contributed by atoms with Crippen molar-refractivity contribution in [3.8, 4) is 11.5 Å². The first kappa shape index (κ1) is 32.8. The summed E-state index contributed by atoms with van der Waals surface area (Å²) in [6, 6.07) is 40.4. The zero-order chi connectivity index (χ0) is 33.0. The lowest BCUT2D eigenvalue weighted by Gasteiger charge is -2.16. The molecule has 0 radical (unpaired) electrons. The van der Waals surface area contributed by atoms with Gasteiger partial charge in [0.1, 0.15) is 17.2 Å². The average molecular weight is 642 g/mol. The predicted molar refractivity (Wildman–Crippen MR) is 190 cm³/mol. The lowest BCUT2D eigenvalue weighted by Crippen LogP contribution is -2.30. The van der Waals surface area contributed by atoms with Crippen molar-refractivity contribution in [1.82, 2.24) is 5.32 Å². The van der Waals surface area contributed by atoms with Crippen molar-refractivity contribution in [2.75, 3.05) is 10.6 Å². The maximum absolute atomic E-state index is 13.5. The molecule has 0 heterocycles. The Kier molecular flexibility index (Phi) is 11.2. The number of carbonyl (C=O) groups excluding carboxylic acids is 3. The fourth-order valence-electron chi connectivity index (χ4n) is 4.65. The van der Waals surface area contributed by atoms with Crippen molar-refractivity contribution < 1.29 is 19.1 Å². The number of amides is 3. The first-order valence-corrected chi connectivity index (χ1v) is 16.1. The van der Waals surface area contributed by atoms with Gasteiger partial charge in [-0.05, 0) is 91.7 Å². The summed E-state index contributed by atoms with van der Waals surface area (Å²) >= 11 is 1.41. The smallest absolute Gasteiger partial charge is 0.272 e. The molecule has 0 aromatic heterocycles. The van der Waals surface area contributed by atoms with Gasteiger partial charge in [-0.25, -0.2) is 0 Å². The molecule has 0 fully saturated rings. The van der Waals surface area contributed by atoms with Gasteiger partial charge in [-0.1, -0.05) is 79.2 Å². The molecule has 0 aliphatic heterocycles. The predicted octanol–water partition coefficient (Wildman–Crippen LogP) is 8.71. The number of benzene rings is 5. The largest absolute Gasteiger partial charge is 0.457 e. The average Bonchev–Trinajstić information content (AvgIpc) is 3.08. The fraction of sp³-hybridized carbons (Fsp3) is 0.103. The van der Waals surface area contributed by atoms with E-state index in [9.17, 15) is 14.4 Å². The van der Waals surface area contributed by atoms with Gasteiger partial charge in [0.15, 0.2) is 0 Å². The Balaban J connectivity index is 1.24. The van der Waals surface area contributed by atoms with E-state index < -0.39 is 5.91 Å². The minimum Gasteiger partial charge on any atom is -0.457 e. The van der Waals surface area contributed by atoms with E-state index in [1.165, 1.54) is 11.8 Å². The van der Waals surface area contributed by atoms with Crippen LogP contribution in [0.1, 0.15) is 34.8 Å². The van der Waals surface area contributed by atoms with Crippen LogP contribution in [-0.4, -0.2) is 23.0 Å². The highest BCUT2D eigenvalue weighted by Crippen LogP contribution is 2.29. The number of anilines is 2. The summed E-state index contributed by atoms with van der Waals surface area (Å²) in [6.07, 6.45) is 2.25. The SMILES string of the molecule is CCC(Sc1cccc(NC(=O)/C(=C\c2cccc(C)c2)NC(=O)c2ccccc2)c1)C(=O)Nc1ccc(Oc2ccccc2)cc1. The van der Waals surface area contributed by atoms with Crippen molar-refractivity contribution in [2.45, 2.75) is 30.4 Å². The number of aryl methyl sites for hydroxylation is 1. The van der Waals surface area contributed by atoms with Crippen LogP contribution in [0, 0.1) is 6.92 Å². The fourth-order valence-corrected chi connectivity index (χ4v) is 5.67. The van der Waals surface area contributed by atoms with Crippen molar-refractivity contribution in [3.05, 3.63) is 156 Å². The molecule has 3 N–H and O–H groups in total. The number of para-hydroxylation sites is 1. The summed E-state index contributed by atoms with van der Waals surface area (Å²) in [5, 5.41) is 8.30. The first-order valence-electron chi connectivity index (χ1n) is 15.2. The van der Waals surface area contributed by atoms with Gasteiger partial charge in [0.2, 0.25) is 5.91 Å². The second kappa shape index (κ2) is 16.1. The Hall–Kier alpha value is -5.60. The molecule has 47 heavy (non-hydrogen) atoms. The molecule has 236 valence electrons. The Morgan fingerprint density at radius 2 is 1.40 bits per heavy atom. The van der Waals surface area contributed by atoms with Crippen molar-refractivity contribution in [2.24, 2.45) is 0 Å². The van der Waals surface area contributed by atoms with Gasteiger partial charge < -0.3 is 20.7 Å². The van der Waals surface area contributed by atoms with Gasteiger partial charge >= 0.3 is 0 Å². The standard InChI is InChI=1S/C39H35N3O4S/c1-3-36(39(45)40-30-20-22-33(23-21-30)46-32-17-8-5-9-18-32)47-34-19-11-16-31(26-34)41-38(44)35(25-28-13-10-12-27(2)24-28)42-37(43)29-14-6-4-7-15-29/h4-26,36H,3H2,1-2H3,(H,40,45)(H,41,44)(H,42,43)/b35-25+. The molecule has 5 aromatic carbocycles. The van der Waals surface area contributed by atoms with E-state index in [4.69, 9.17) is 4.74 Å². The highest BCUT2D eigenvalue weighted by Gasteiger charge is 2.19. The molecule has 1 unspecified atom stereocenters. The molecule has 8 heteroatoms. The molecular formula is C39H35N3O4S. The number of thioether (sulfide) groups is 1. The van der Waals surface area contributed by atoms with E-state index in [1.807, 2.05) is 117 Å². The highest BCUT2D eigenvalue weighted by atomic mass is 32.2. The van der Waals surface area contributed by atoms with Crippen molar-refractivity contribution in [3.63, 3.8) is 0 Å². The number of hydrogen-bond acceptors (Lipinski definition) is 5. The van der Waals surface area contributed by atoms with Gasteiger partial charge in [-0.3, -0.25) is 14.4 Å². The van der Waals surface area contributed by atoms with Crippen LogP contribution in [0.25, 0.3) is 6.08 Å². The maximum atomic E-state index is 13.5. The van der Waals surface area contributed by atoms with E-state index in [-0.39, 0.29) is 22.8 Å². The molecule has 5 aromatic rings. The minimum atomic E-state index is -0.470. The van der Waals surface area contributed by atoms with Crippen LogP contribution < -0.4 is 20.7 Å². The van der Waals surface area contributed by atoms with Crippen LogP contribution in [0.4, 0.5) is 11.4 Å². The van der Waals surface area contributed by atoms with Crippen molar-refractivity contribution in [1.29, 1.82) is 0 Å². The maximum Gasteiger partial charge on any atom is 0.272 e. The number of ether oxygens (including phenoxy) is 1. The lowest BCUT2D eigenvalue weighted by atomic mass is 10.1. The van der Waals surface area contributed by atoms with E-state index in [0.717, 1.165) is 21.8 Å². The molecule has 0 saturated heterocycles. The van der Waals surface area contributed by atoms with Gasteiger partial charge in [0, 0.05) is 21.8 Å². The Morgan fingerprint density at radius 1 is 0.723 bits per heavy atom. The lowest BCUT2D eigenvalue weighted by molar-refractivity contribution is -0.116.